The molecule has 1 atom stereocenters. The molecule has 0 aliphatic heterocycles. The zero-order valence-electron chi connectivity index (χ0n) is 8.51. The molecule has 4 nitrogen and oxygen atoms in total. The number of nitrogens with zero attached hydrogens (tertiary/aromatic N) is 2. The molecule has 2 aromatic heterocycles. The summed E-state index contributed by atoms with van der Waals surface area (Å²) < 4.78 is 9.22. The van der Waals surface area contributed by atoms with Gasteiger partial charge in [0.2, 0.25) is 0 Å². The van der Waals surface area contributed by atoms with Crippen molar-refractivity contribution < 1.29 is 4.42 Å². The van der Waals surface area contributed by atoms with Crippen molar-refractivity contribution in [3.63, 3.8) is 0 Å². The molecule has 0 saturated carbocycles. The molecular weight excluding hydrogens is 210 g/mol. The lowest BCUT2D eigenvalue weighted by Gasteiger charge is -2.06. The Hall–Kier alpha value is -1.20. The maximum atomic E-state index is 6.07. The summed E-state index contributed by atoms with van der Waals surface area (Å²) in [4.78, 5) is 1.01. The van der Waals surface area contributed by atoms with E-state index in [0.717, 1.165) is 29.2 Å². The van der Waals surface area contributed by atoms with E-state index in [9.17, 15) is 0 Å². The molecule has 0 amide bonds. The minimum absolute atomic E-state index is 0.235. The van der Waals surface area contributed by atoms with Gasteiger partial charge in [-0.15, -0.1) is 5.10 Å². The third-order valence-corrected chi connectivity index (χ3v) is 3.05. The zero-order valence-corrected chi connectivity index (χ0v) is 9.33. The Morgan fingerprint density at radius 3 is 3.13 bits per heavy atom. The van der Waals surface area contributed by atoms with Gasteiger partial charge in [-0.2, -0.15) is 0 Å². The summed E-state index contributed by atoms with van der Waals surface area (Å²) in [5.74, 6) is 0.762. The quantitative estimate of drug-likeness (QED) is 0.862. The van der Waals surface area contributed by atoms with Crippen molar-refractivity contribution in [1.82, 2.24) is 9.59 Å². The van der Waals surface area contributed by atoms with Crippen LogP contribution in [0.25, 0.3) is 0 Å². The second-order valence-corrected chi connectivity index (χ2v) is 4.11. The SMILES string of the molecule is CCCc1nnsc1C(N)c1ccco1. The number of aromatic nitrogens is 2. The predicted octanol–water partition coefficient (Wildman–Crippen LogP) is 2.13. The average molecular weight is 223 g/mol. The topological polar surface area (TPSA) is 64.9 Å². The summed E-state index contributed by atoms with van der Waals surface area (Å²) >= 11 is 1.35. The molecule has 2 heterocycles. The van der Waals surface area contributed by atoms with Crippen LogP contribution in [0.1, 0.15) is 35.7 Å². The molecule has 0 radical (unpaired) electrons. The van der Waals surface area contributed by atoms with Crippen molar-refractivity contribution in [2.75, 3.05) is 0 Å². The molecule has 5 heteroatoms. The van der Waals surface area contributed by atoms with Crippen LogP contribution in [0.4, 0.5) is 0 Å². The summed E-state index contributed by atoms with van der Waals surface area (Å²) in [6, 6.07) is 3.48. The third kappa shape index (κ3) is 2.08. The molecule has 0 fully saturated rings. The van der Waals surface area contributed by atoms with Crippen molar-refractivity contribution in [2.45, 2.75) is 25.8 Å². The maximum Gasteiger partial charge on any atom is 0.125 e. The van der Waals surface area contributed by atoms with Gasteiger partial charge in [-0.25, -0.2) is 0 Å². The average Bonchev–Trinajstić information content (AvgIpc) is 2.87. The van der Waals surface area contributed by atoms with Crippen LogP contribution in [0.15, 0.2) is 22.8 Å². The van der Waals surface area contributed by atoms with E-state index < -0.39 is 0 Å². The van der Waals surface area contributed by atoms with Crippen LogP contribution in [0.5, 0.6) is 0 Å². The van der Waals surface area contributed by atoms with Crippen LogP contribution >= 0.6 is 11.5 Å². The van der Waals surface area contributed by atoms with Crippen molar-refractivity contribution in [3.05, 3.63) is 34.7 Å². The highest BCUT2D eigenvalue weighted by atomic mass is 32.1. The summed E-state index contributed by atoms with van der Waals surface area (Å²) in [6.07, 6.45) is 3.59. The first-order valence-electron chi connectivity index (χ1n) is 4.93. The van der Waals surface area contributed by atoms with Crippen LogP contribution in [0.2, 0.25) is 0 Å². The molecular formula is C10H13N3OS. The van der Waals surface area contributed by atoms with E-state index in [1.165, 1.54) is 11.5 Å². The third-order valence-electron chi connectivity index (χ3n) is 2.20. The lowest BCUT2D eigenvalue weighted by atomic mass is 10.1. The van der Waals surface area contributed by atoms with E-state index in [4.69, 9.17) is 10.2 Å². The van der Waals surface area contributed by atoms with Gasteiger partial charge in [0, 0.05) is 0 Å². The number of nitrogens with two attached hydrogens (primary N) is 1. The van der Waals surface area contributed by atoms with Gasteiger partial charge in [0.05, 0.1) is 16.8 Å². The van der Waals surface area contributed by atoms with Crippen LogP contribution < -0.4 is 5.73 Å². The summed E-state index contributed by atoms with van der Waals surface area (Å²) in [5, 5.41) is 4.08. The van der Waals surface area contributed by atoms with E-state index in [1.54, 1.807) is 6.26 Å². The summed E-state index contributed by atoms with van der Waals surface area (Å²) in [5.41, 5.74) is 7.06. The molecule has 80 valence electrons. The Balaban J connectivity index is 2.25. The highest BCUT2D eigenvalue weighted by Crippen LogP contribution is 2.25. The largest absolute Gasteiger partial charge is 0.467 e. The molecule has 0 bridgehead atoms. The first-order chi connectivity index (χ1) is 7.33. The van der Waals surface area contributed by atoms with Gasteiger partial charge in [-0.1, -0.05) is 17.8 Å². The van der Waals surface area contributed by atoms with E-state index in [-0.39, 0.29) is 6.04 Å². The van der Waals surface area contributed by atoms with Crippen LogP contribution in [-0.4, -0.2) is 9.59 Å². The molecule has 0 saturated heterocycles. The second kappa shape index (κ2) is 4.55. The Labute approximate surface area is 92.3 Å². The number of aryl methyl sites for hydroxylation is 1. The van der Waals surface area contributed by atoms with Crippen LogP contribution in [-0.2, 0) is 6.42 Å². The first kappa shape index (κ1) is 10.3. The van der Waals surface area contributed by atoms with Gasteiger partial charge in [-0.3, -0.25) is 0 Å². The van der Waals surface area contributed by atoms with Gasteiger partial charge in [-0.05, 0) is 30.1 Å². The number of hydrogen-bond acceptors (Lipinski definition) is 5. The van der Waals surface area contributed by atoms with Gasteiger partial charge in [0.15, 0.2) is 0 Å². The number of hydrogen-bond donors (Lipinski definition) is 1. The van der Waals surface area contributed by atoms with Gasteiger partial charge < -0.3 is 10.2 Å². The predicted molar refractivity (Wildman–Crippen MR) is 58.6 cm³/mol. The van der Waals surface area contributed by atoms with Crippen molar-refractivity contribution in [3.8, 4) is 0 Å². The number of furan rings is 1. The fourth-order valence-electron chi connectivity index (χ4n) is 1.46. The second-order valence-electron chi connectivity index (χ2n) is 3.33. The van der Waals surface area contributed by atoms with Gasteiger partial charge >= 0.3 is 0 Å². The fraction of sp³-hybridized carbons (Fsp3) is 0.400. The highest BCUT2D eigenvalue weighted by Gasteiger charge is 2.18. The lowest BCUT2D eigenvalue weighted by Crippen LogP contribution is -2.11. The highest BCUT2D eigenvalue weighted by molar-refractivity contribution is 7.05. The molecule has 2 aromatic rings. The van der Waals surface area contributed by atoms with Crippen LogP contribution in [0.3, 0.4) is 0 Å². The van der Waals surface area contributed by atoms with Gasteiger partial charge in [0.1, 0.15) is 11.8 Å². The lowest BCUT2D eigenvalue weighted by molar-refractivity contribution is 0.490. The summed E-state index contributed by atoms with van der Waals surface area (Å²) in [7, 11) is 0. The molecule has 15 heavy (non-hydrogen) atoms. The molecule has 2 rings (SSSR count). The Morgan fingerprint density at radius 1 is 1.60 bits per heavy atom. The molecule has 0 aromatic carbocycles. The molecule has 2 N–H and O–H groups in total. The molecule has 0 spiro atoms. The monoisotopic (exact) mass is 223 g/mol. The number of rotatable bonds is 4. The van der Waals surface area contributed by atoms with E-state index >= 15 is 0 Å². The minimum atomic E-state index is -0.235. The Morgan fingerprint density at radius 2 is 2.47 bits per heavy atom. The standard InChI is InChI=1S/C10H13N3OS/c1-2-4-7-10(15-13-12-7)9(11)8-5-3-6-14-8/h3,5-6,9H,2,4,11H2,1H3. The van der Waals surface area contributed by atoms with E-state index in [2.05, 4.69) is 16.5 Å². The Bertz CT molecular complexity index is 410. The maximum absolute atomic E-state index is 6.07. The fourth-order valence-corrected chi connectivity index (χ4v) is 2.16. The van der Waals surface area contributed by atoms with Crippen LogP contribution in [0, 0.1) is 0 Å². The molecule has 0 aliphatic rings. The van der Waals surface area contributed by atoms with Crippen molar-refractivity contribution >= 4 is 11.5 Å². The molecule has 1 unspecified atom stereocenters. The van der Waals surface area contributed by atoms with Crippen molar-refractivity contribution in [1.29, 1.82) is 0 Å². The first-order valence-corrected chi connectivity index (χ1v) is 5.70. The van der Waals surface area contributed by atoms with Gasteiger partial charge in [0.25, 0.3) is 0 Å². The smallest absolute Gasteiger partial charge is 0.125 e. The normalized spacial score (nSPS) is 12.9. The van der Waals surface area contributed by atoms with E-state index in [0.29, 0.717) is 0 Å². The summed E-state index contributed by atoms with van der Waals surface area (Å²) in [6.45, 7) is 2.11. The van der Waals surface area contributed by atoms with Crippen molar-refractivity contribution in [2.24, 2.45) is 5.73 Å². The van der Waals surface area contributed by atoms with E-state index in [1.807, 2.05) is 12.1 Å². The molecule has 0 aliphatic carbocycles. The minimum Gasteiger partial charge on any atom is -0.467 e. The zero-order chi connectivity index (χ0) is 10.7. The Kier molecular flexibility index (Phi) is 3.13.